The van der Waals surface area contributed by atoms with Crippen molar-refractivity contribution in [2.24, 2.45) is 0 Å². The molecule has 0 unspecified atom stereocenters. The summed E-state index contributed by atoms with van der Waals surface area (Å²) in [6, 6.07) is 9.82. The highest BCUT2D eigenvalue weighted by molar-refractivity contribution is 6.35. The minimum atomic E-state index is -0.128. The van der Waals surface area contributed by atoms with Crippen LogP contribution in [0.4, 0.5) is 5.69 Å². The summed E-state index contributed by atoms with van der Waals surface area (Å²) in [5.74, 6) is 0.732. The van der Waals surface area contributed by atoms with Crippen LogP contribution in [0, 0.1) is 6.92 Å². The molecule has 7 heteroatoms. The Labute approximate surface area is 184 Å². The predicted octanol–water partition coefficient (Wildman–Crippen LogP) is 4.12. The predicted molar refractivity (Wildman–Crippen MR) is 127 cm³/mol. The Kier molecular flexibility index (Phi) is 5.04. The largest absolute Gasteiger partial charge is 0.493 e. The zero-order valence-corrected chi connectivity index (χ0v) is 18.2. The first-order chi connectivity index (χ1) is 15.1. The van der Waals surface area contributed by atoms with Crippen molar-refractivity contribution in [1.82, 2.24) is 15.3 Å². The summed E-state index contributed by atoms with van der Waals surface area (Å²) in [7, 11) is 1.66. The lowest BCUT2D eigenvalue weighted by atomic mass is 9.93. The molecule has 158 valence electrons. The van der Waals surface area contributed by atoms with Crippen LogP contribution in [0.5, 0.6) is 5.75 Å². The smallest absolute Gasteiger partial charge is 0.256 e. The van der Waals surface area contributed by atoms with Gasteiger partial charge in [-0.2, -0.15) is 0 Å². The van der Waals surface area contributed by atoms with Crippen molar-refractivity contribution in [3.63, 3.8) is 0 Å². The molecular formula is C24H23ClN4O2. The van der Waals surface area contributed by atoms with E-state index in [0.717, 1.165) is 70.6 Å². The lowest BCUT2D eigenvalue weighted by molar-refractivity contribution is 0.412. The van der Waals surface area contributed by atoms with E-state index < -0.39 is 0 Å². The van der Waals surface area contributed by atoms with Crippen molar-refractivity contribution >= 4 is 39.0 Å². The maximum Gasteiger partial charge on any atom is 0.256 e. The van der Waals surface area contributed by atoms with Crippen LogP contribution in [-0.2, 0) is 0 Å². The lowest BCUT2D eigenvalue weighted by Gasteiger charge is -2.31. The number of fused-ring (bicyclic) bond motifs is 2. The Hall–Kier alpha value is -3.09. The number of halogens is 1. The summed E-state index contributed by atoms with van der Waals surface area (Å²) in [6.45, 7) is 5.59. The molecule has 0 radical (unpaired) electrons. The molecule has 1 fully saturated rings. The Morgan fingerprint density at radius 3 is 2.74 bits per heavy atom. The van der Waals surface area contributed by atoms with Gasteiger partial charge in [-0.3, -0.25) is 9.78 Å². The highest BCUT2D eigenvalue weighted by atomic mass is 35.5. The number of aromatic nitrogens is 2. The van der Waals surface area contributed by atoms with E-state index in [9.17, 15) is 4.79 Å². The molecule has 1 saturated heterocycles. The van der Waals surface area contributed by atoms with Crippen molar-refractivity contribution in [3.05, 3.63) is 63.7 Å². The van der Waals surface area contributed by atoms with E-state index in [1.165, 1.54) is 0 Å². The summed E-state index contributed by atoms with van der Waals surface area (Å²) >= 11 is 6.86. The highest BCUT2D eigenvalue weighted by Gasteiger charge is 2.21. The van der Waals surface area contributed by atoms with Crippen molar-refractivity contribution in [2.45, 2.75) is 6.92 Å². The minimum absolute atomic E-state index is 0.128. The topological polar surface area (TPSA) is 70.2 Å². The maximum absolute atomic E-state index is 12.7. The number of pyridine rings is 2. The molecule has 0 saturated carbocycles. The number of piperazine rings is 1. The number of H-pyrrole nitrogens is 1. The number of aryl methyl sites for hydroxylation is 1. The van der Waals surface area contributed by atoms with Gasteiger partial charge in [0.2, 0.25) is 0 Å². The normalized spacial score (nSPS) is 14.4. The molecule has 0 bridgehead atoms. The van der Waals surface area contributed by atoms with Crippen LogP contribution in [0.3, 0.4) is 0 Å². The fourth-order valence-corrected chi connectivity index (χ4v) is 4.73. The highest BCUT2D eigenvalue weighted by Crippen LogP contribution is 2.41. The quantitative estimate of drug-likeness (QED) is 0.507. The number of aromatic amines is 1. The van der Waals surface area contributed by atoms with E-state index in [0.29, 0.717) is 10.4 Å². The van der Waals surface area contributed by atoms with Crippen LogP contribution >= 0.6 is 11.6 Å². The number of nitrogens with zero attached hydrogens (tertiary/aromatic N) is 2. The van der Waals surface area contributed by atoms with Gasteiger partial charge in [-0.15, -0.1) is 0 Å². The van der Waals surface area contributed by atoms with Gasteiger partial charge in [-0.05, 0) is 41.6 Å². The summed E-state index contributed by atoms with van der Waals surface area (Å²) in [6.07, 6.45) is 3.43. The van der Waals surface area contributed by atoms with E-state index in [1.54, 1.807) is 19.5 Å². The zero-order chi connectivity index (χ0) is 21.5. The van der Waals surface area contributed by atoms with Gasteiger partial charge >= 0.3 is 0 Å². The molecule has 0 aliphatic carbocycles. The van der Waals surface area contributed by atoms with E-state index in [2.05, 4.69) is 20.2 Å². The second-order valence-corrected chi connectivity index (χ2v) is 8.20. The Morgan fingerprint density at radius 2 is 1.97 bits per heavy atom. The van der Waals surface area contributed by atoms with E-state index >= 15 is 0 Å². The van der Waals surface area contributed by atoms with Gasteiger partial charge in [0.1, 0.15) is 0 Å². The molecule has 0 atom stereocenters. The van der Waals surface area contributed by atoms with Crippen molar-refractivity contribution < 1.29 is 4.74 Å². The van der Waals surface area contributed by atoms with Gasteiger partial charge in [0, 0.05) is 48.3 Å². The monoisotopic (exact) mass is 434 g/mol. The summed E-state index contributed by atoms with van der Waals surface area (Å²) in [5, 5.41) is 6.43. The number of hydrogen-bond donors (Lipinski definition) is 2. The molecule has 3 heterocycles. The number of methoxy groups -OCH3 is 1. The van der Waals surface area contributed by atoms with Crippen LogP contribution in [0.1, 0.15) is 5.56 Å². The average molecular weight is 435 g/mol. The standard InChI is InChI=1S/C24H23ClN4O2/c1-14-3-4-15-5-6-27-24(30)22(15)21(14)16-12-19-17(11-18(16)25)23(20(31-2)13-28-19)29-9-7-26-8-10-29/h3-6,11-13,26H,7-10H2,1-2H3,(H,27,30). The molecule has 2 aromatic carbocycles. The van der Waals surface area contributed by atoms with Gasteiger partial charge in [0.15, 0.2) is 5.75 Å². The molecule has 31 heavy (non-hydrogen) atoms. The number of rotatable bonds is 3. The first-order valence-electron chi connectivity index (χ1n) is 10.3. The van der Waals surface area contributed by atoms with Crippen LogP contribution in [0.25, 0.3) is 32.8 Å². The number of nitrogens with one attached hydrogen (secondary N) is 2. The fraction of sp³-hybridized carbons (Fsp3) is 0.250. The molecular weight excluding hydrogens is 412 g/mol. The summed E-state index contributed by atoms with van der Waals surface area (Å²) in [5.41, 5.74) is 4.33. The Morgan fingerprint density at radius 1 is 1.16 bits per heavy atom. The second-order valence-electron chi connectivity index (χ2n) is 7.79. The SMILES string of the molecule is COc1cnc2cc(-c3c(C)ccc4cc[nH]c(=O)c34)c(Cl)cc2c1N1CCNCC1. The number of ether oxygens (including phenoxy) is 1. The molecule has 1 aliphatic heterocycles. The zero-order valence-electron chi connectivity index (χ0n) is 17.5. The van der Waals surface area contributed by atoms with Gasteiger partial charge in [0.25, 0.3) is 5.56 Å². The second kappa shape index (κ2) is 7.87. The fourth-order valence-electron chi connectivity index (χ4n) is 4.47. The molecule has 5 rings (SSSR count). The van der Waals surface area contributed by atoms with Gasteiger partial charge in [0.05, 0.1) is 29.9 Å². The minimum Gasteiger partial charge on any atom is -0.493 e. The molecule has 2 aromatic heterocycles. The van der Waals surface area contributed by atoms with E-state index in [1.807, 2.05) is 37.3 Å². The average Bonchev–Trinajstić information content (AvgIpc) is 2.79. The van der Waals surface area contributed by atoms with Crippen LogP contribution < -0.4 is 20.5 Å². The number of hydrogen-bond acceptors (Lipinski definition) is 5. The van der Waals surface area contributed by atoms with Crippen LogP contribution in [0.2, 0.25) is 5.02 Å². The molecule has 0 spiro atoms. The third kappa shape index (κ3) is 3.32. The third-order valence-electron chi connectivity index (χ3n) is 5.97. The molecule has 2 N–H and O–H groups in total. The van der Waals surface area contributed by atoms with Crippen LogP contribution in [0.15, 0.2) is 47.5 Å². The Bertz CT molecular complexity index is 1360. The molecule has 4 aromatic rings. The van der Waals surface area contributed by atoms with Crippen molar-refractivity contribution in [2.75, 3.05) is 38.2 Å². The van der Waals surface area contributed by atoms with Gasteiger partial charge < -0.3 is 19.9 Å². The molecule has 1 aliphatic rings. The van der Waals surface area contributed by atoms with Crippen molar-refractivity contribution in [3.8, 4) is 16.9 Å². The maximum atomic E-state index is 12.7. The van der Waals surface area contributed by atoms with Crippen molar-refractivity contribution in [1.29, 1.82) is 0 Å². The first kappa shape index (κ1) is 19.8. The lowest BCUT2D eigenvalue weighted by Crippen LogP contribution is -2.43. The summed E-state index contributed by atoms with van der Waals surface area (Å²) < 4.78 is 5.64. The summed E-state index contributed by atoms with van der Waals surface area (Å²) in [4.78, 5) is 22.5. The van der Waals surface area contributed by atoms with Gasteiger partial charge in [-0.25, -0.2) is 0 Å². The third-order valence-corrected chi connectivity index (χ3v) is 6.28. The Balaban J connectivity index is 1.79. The van der Waals surface area contributed by atoms with E-state index in [4.69, 9.17) is 16.3 Å². The van der Waals surface area contributed by atoms with E-state index in [-0.39, 0.29) is 5.56 Å². The molecule has 0 amide bonds. The van der Waals surface area contributed by atoms with Gasteiger partial charge in [-0.1, -0.05) is 23.7 Å². The number of benzene rings is 2. The molecule has 6 nitrogen and oxygen atoms in total. The van der Waals surface area contributed by atoms with Crippen LogP contribution in [-0.4, -0.2) is 43.3 Å². The number of anilines is 1. The first-order valence-corrected chi connectivity index (χ1v) is 10.7.